The molecule has 4 heteroatoms. The summed E-state index contributed by atoms with van der Waals surface area (Å²) in [6.07, 6.45) is 4.79. The van der Waals surface area contributed by atoms with E-state index in [9.17, 15) is 4.79 Å². The van der Waals surface area contributed by atoms with E-state index in [0.29, 0.717) is 12.0 Å². The van der Waals surface area contributed by atoms with E-state index in [1.807, 2.05) is 25.7 Å². The van der Waals surface area contributed by atoms with Crippen molar-refractivity contribution in [1.29, 1.82) is 0 Å². The zero-order valence-corrected chi connectivity index (χ0v) is 12.8. The van der Waals surface area contributed by atoms with Crippen LogP contribution >= 0.6 is 0 Å². The van der Waals surface area contributed by atoms with Crippen molar-refractivity contribution >= 4 is 6.09 Å². The van der Waals surface area contributed by atoms with Gasteiger partial charge in [-0.15, -0.1) is 0 Å². The van der Waals surface area contributed by atoms with Gasteiger partial charge < -0.3 is 14.5 Å². The Balaban J connectivity index is 1.91. The molecular weight excluding hydrogens is 240 g/mol. The van der Waals surface area contributed by atoms with E-state index < -0.39 is 5.60 Å². The summed E-state index contributed by atoms with van der Waals surface area (Å²) in [6.45, 7) is 8.70. The molecule has 0 N–H and O–H groups in total. The normalized spacial score (nSPS) is 29.6. The summed E-state index contributed by atoms with van der Waals surface area (Å²) in [4.78, 5) is 16.5. The smallest absolute Gasteiger partial charge is 0.410 e. The molecule has 0 radical (unpaired) electrons. The van der Waals surface area contributed by atoms with E-state index in [1.165, 1.54) is 25.8 Å². The van der Waals surface area contributed by atoms with E-state index in [4.69, 9.17) is 4.74 Å². The van der Waals surface area contributed by atoms with Crippen LogP contribution in [0.4, 0.5) is 4.79 Å². The van der Waals surface area contributed by atoms with Gasteiger partial charge in [0.2, 0.25) is 0 Å². The Morgan fingerprint density at radius 1 is 1.16 bits per heavy atom. The second-order valence-electron chi connectivity index (χ2n) is 7.02. The predicted molar refractivity (Wildman–Crippen MR) is 76.2 cm³/mol. The Morgan fingerprint density at radius 3 is 2.42 bits per heavy atom. The van der Waals surface area contributed by atoms with E-state index in [2.05, 4.69) is 11.9 Å². The highest BCUT2D eigenvalue weighted by Crippen LogP contribution is 2.29. The lowest BCUT2D eigenvalue weighted by molar-refractivity contribution is 0.0119. The molecule has 0 aliphatic carbocycles. The molecule has 2 saturated heterocycles. The Bertz CT molecular complexity index is 325. The lowest BCUT2D eigenvalue weighted by Gasteiger charge is -2.38. The first-order valence-corrected chi connectivity index (χ1v) is 7.55. The van der Waals surface area contributed by atoms with E-state index in [0.717, 1.165) is 19.5 Å². The fourth-order valence-electron chi connectivity index (χ4n) is 3.35. The second-order valence-corrected chi connectivity index (χ2v) is 7.02. The minimum absolute atomic E-state index is 0.141. The number of nitrogens with zero attached hydrogens (tertiary/aromatic N) is 2. The maximum absolute atomic E-state index is 12.1. The summed E-state index contributed by atoms with van der Waals surface area (Å²) < 4.78 is 5.49. The van der Waals surface area contributed by atoms with Crippen LogP contribution in [0.2, 0.25) is 0 Å². The van der Waals surface area contributed by atoms with E-state index in [-0.39, 0.29) is 6.09 Å². The molecule has 2 heterocycles. The molecular formula is C15H28N2O2. The molecule has 0 aromatic rings. The van der Waals surface area contributed by atoms with Crippen LogP contribution in [0.15, 0.2) is 0 Å². The van der Waals surface area contributed by atoms with Crippen molar-refractivity contribution in [2.75, 3.05) is 26.7 Å². The van der Waals surface area contributed by atoms with Gasteiger partial charge in [-0.2, -0.15) is 0 Å². The molecule has 4 nitrogen and oxygen atoms in total. The molecule has 2 rings (SSSR count). The Labute approximate surface area is 117 Å². The van der Waals surface area contributed by atoms with Gasteiger partial charge >= 0.3 is 6.09 Å². The number of carbonyl (C=O) groups is 1. The molecule has 2 atom stereocenters. The molecule has 2 aliphatic heterocycles. The van der Waals surface area contributed by atoms with Crippen molar-refractivity contribution in [1.82, 2.24) is 9.80 Å². The number of ether oxygens (including phenoxy) is 1. The fraction of sp³-hybridized carbons (Fsp3) is 0.933. The minimum Gasteiger partial charge on any atom is -0.444 e. The zero-order valence-electron chi connectivity index (χ0n) is 12.8. The molecule has 0 bridgehead atoms. The Morgan fingerprint density at radius 2 is 1.84 bits per heavy atom. The highest BCUT2D eigenvalue weighted by atomic mass is 16.6. The monoisotopic (exact) mass is 268 g/mol. The van der Waals surface area contributed by atoms with Crippen LogP contribution in [0.1, 0.15) is 46.5 Å². The lowest BCUT2D eigenvalue weighted by Crippen LogP contribution is -2.47. The largest absolute Gasteiger partial charge is 0.444 e. The second kappa shape index (κ2) is 5.70. The number of amides is 1. The quantitative estimate of drug-likeness (QED) is 0.733. The van der Waals surface area contributed by atoms with Crippen LogP contribution in [0, 0.1) is 5.92 Å². The average molecular weight is 268 g/mol. The van der Waals surface area contributed by atoms with Crippen molar-refractivity contribution in [3.63, 3.8) is 0 Å². The van der Waals surface area contributed by atoms with Crippen molar-refractivity contribution < 1.29 is 9.53 Å². The van der Waals surface area contributed by atoms with Gasteiger partial charge in [-0.1, -0.05) is 0 Å². The summed E-state index contributed by atoms with van der Waals surface area (Å²) in [5, 5.41) is 0. The van der Waals surface area contributed by atoms with Crippen molar-refractivity contribution in [3.8, 4) is 0 Å². The molecule has 0 aromatic heterocycles. The highest BCUT2D eigenvalue weighted by Gasteiger charge is 2.34. The molecule has 2 fully saturated rings. The maximum atomic E-state index is 12.1. The first-order chi connectivity index (χ1) is 8.87. The van der Waals surface area contributed by atoms with Crippen LogP contribution < -0.4 is 0 Å². The van der Waals surface area contributed by atoms with Gasteiger partial charge in [0, 0.05) is 19.1 Å². The molecule has 0 saturated carbocycles. The standard InChI is InChI=1S/C15H28N2O2/c1-15(2,3)19-14(18)17-10-5-7-12(11-17)13-8-6-9-16(13)4/h12-13H,5-11H2,1-4H3/t12-,13-/m1/s1. The SMILES string of the molecule is CN1CCC[C@@H]1[C@@H]1CCCN(C(=O)OC(C)(C)C)C1. The maximum Gasteiger partial charge on any atom is 0.410 e. The van der Waals surface area contributed by atoms with Crippen LogP contribution in [0.3, 0.4) is 0 Å². The number of carbonyl (C=O) groups excluding carboxylic acids is 1. The van der Waals surface area contributed by atoms with Gasteiger partial charge in [0.15, 0.2) is 0 Å². The average Bonchev–Trinajstić information content (AvgIpc) is 2.73. The number of rotatable bonds is 1. The summed E-state index contributed by atoms with van der Waals surface area (Å²) in [6, 6.07) is 0.658. The van der Waals surface area contributed by atoms with Gasteiger partial charge in [-0.25, -0.2) is 4.79 Å². The Hall–Kier alpha value is -0.770. The third kappa shape index (κ3) is 3.85. The third-order valence-electron chi connectivity index (χ3n) is 4.23. The topological polar surface area (TPSA) is 32.8 Å². The van der Waals surface area contributed by atoms with Gasteiger partial charge in [-0.3, -0.25) is 0 Å². The van der Waals surface area contributed by atoms with Gasteiger partial charge in [0.25, 0.3) is 0 Å². The number of likely N-dealkylation sites (tertiary alicyclic amines) is 2. The van der Waals surface area contributed by atoms with Gasteiger partial charge in [0.1, 0.15) is 5.60 Å². The van der Waals surface area contributed by atoms with E-state index in [1.54, 1.807) is 0 Å². The van der Waals surface area contributed by atoms with Crippen molar-refractivity contribution in [2.24, 2.45) is 5.92 Å². The number of hydrogen-bond donors (Lipinski definition) is 0. The van der Waals surface area contributed by atoms with Crippen molar-refractivity contribution in [3.05, 3.63) is 0 Å². The molecule has 19 heavy (non-hydrogen) atoms. The lowest BCUT2D eigenvalue weighted by atomic mass is 9.89. The minimum atomic E-state index is -0.395. The third-order valence-corrected chi connectivity index (χ3v) is 4.23. The van der Waals surface area contributed by atoms with Crippen LogP contribution in [0.25, 0.3) is 0 Å². The predicted octanol–water partition coefficient (Wildman–Crippen LogP) is 2.73. The summed E-state index contributed by atoms with van der Waals surface area (Å²) >= 11 is 0. The molecule has 0 aromatic carbocycles. The fourth-order valence-corrected chi connectivity index (χ4v) is 3.35. The zero-order chi connectivity index (χ0) is 14.0. The van der Waals surface area contributed by atoms with Crippen LogP contribution in [-0.2, 0) is 4.74 Å². The molecule has 110 valence electrons. The van der Waals surface area contributed by atoms with Crippen LogP contribution in [-0.4, -0.2) is 54.2 Å². The molecule has 2 aliphatic rings. The van der Waals surface area contributed by atoms with Crippen LogP contribution in [0.5, 0.6) is 0 Å². The Kier molecular flexibility index (Phi) is 4.39. The molecule has 0 spiro atoms. The van der Waals surface area contributed by atoms with E-state index >= 15 is 0 Å². The number of hydrogen-bond acceptors (Lipinski definition) is 3. The molecule has 0 unspecified atom stereocenters. The number of piperidine rings is 1. The molecule has 1 amide bonds. The van der Waals surface area contributed by atoms with Gasteiger partial charge in [0.05, 0.1) is 0 Å². The summed E-state index contributed by atoms with van der Waals surface area (Å²) in [5.41, 5.74) is -0.395. The first-order valence-electron chi connectivity index (χ1n) is 7.55. The summed E-state index contributed by atoms with van der Waals surface area (Å²) in [5.74, 6) is 0.619. The first kappa shape index (κ1) is 14.6. The van der Waals surface area contributed by atoms with Crippen molar-refractivity contribution in [2.45, 2.75) is 58.1 Å². The highest BCUT2D eigenvalue weighted by molar-refractivity contribution is 5.68. The van der Waals surface area contributed by atoms with Gasteiger partial charge in [-0.05, 0) is 66.0 Å². The summed E-state index contributed by atoms with van der Waals surface area (Å²) in [7, 11) is 2.21.